The highest BCUT2D eigenvalue weighted by atomic mass is 16.4. The summed E-state index contributed by atoms with van der Waals surface area (Å²) in [5.74, 6) is 0.0239. The lowest BCUT2D eigenvalue weighted by Gasteiger charge is -2.20. The minimum atomic E-state index is -0.830. The van der Waals surface area contributed by atoms with E-state index in [0.717, 1.165) is 12.3 Å². The van der Waals surface area contributed by atoms with E-state index in [4.69, 9.17) is 5.11 Å². The zero-order valence-electron chi connectivity index (χ0n) is 8.04. The molecule has 1 aliphatic rings. The van der Waals surface area contributed by atoms with Gasteiger partial charge in [-0.1, -0.05) is 38.2 Å². The van der Waals surface area contributed by atoms with Gasteiger partial charge >= 0.3 is 5.97 Å². The maximum atomic E-state index is 10.2. The van der Waals surface area contributed by atoms with Gasteiger partial charge < -0.3 is 5.11 Å². The Hall–Kier alpha value is -0.790. The molecule has 0 atom stereocenters. The Kier molecular flexibility index (Phi) is 4.58. The molecule has 0 spiro atoms. The van der Waals surface area contributed by atoms with Crippen molar-refractivity contribution in [3.05, 3.63) is 12.2 Å². The molecule has 0 aromatic rings. The van der Waals surface area contributed by atoms with Gasteiger partial charge in [0.2, 0.25) is 0 Å². The molecule has 0 radical (unpaired) electrons. The zero-order valence-corrected chi connectivity index (χ0v) is 8.04. The molecular formula is C11H18O2. The predicted molar refractivity (Wildman–Crippen MR) is 52.6 cm³/mol. The molecule has 0 saturated heterocycles. The van der Waals surface area contributed by atoms with Crippen LogP contribution in [0.15, 0.2) is 12.2 Å². The minimum absolute atomic E-state index is 0.830. The van der Waals surface area contributed by atoms with Crippen molar-refractivity contribution >= 4 is 5.97 Å². The van der Waals surface area contributed by atoms with Gasteiger partial charge in [-0.05, 0) is 18.8 Å². The maximum absolute atomic E-state index is 10.2. The predicted octanol–water partition coefficient (Wildman–Crippen LogP) is 2.99. The number of aliphatic carboxylic acids is 1. The highest BCUT2D eigenvalue weighted by Crippen LogP contribution is 2.27. The second-order valence-electron chi connectivity index (χ2n) is 3.82. The van der Waals surface area contributed by atoms with Gasteiger partial charge in [-0.25, -0.2) is 4.79 Å². The lowest BCUT2D eigenvalue weighted by atomic mass is 9.86. The van der Waals surface area contributed by atoms with E-state index in [9.17, 15) is 4.79 Å². The van der Waals surface area contributed by atoms with Crippen LogP contribution < -0.4 is 0 Å². The van der Waals surface area contributed by atoms with Crippen molar-refractivity contribution in [3.63, 3.8) is 0 Å². The number of hydrogen-bond acceptors (Lipinski definition) is 1. The van der Waals surface area contributed by atoms with Crippen molar-refractivity contribution in [2.75, 3.05) is 0 Å². The molecule has 0 bridgehead atoms. The molecule has 1 saturated carbocycles. The van der Waals surface area contributed by atoms with Gasteiger partial charge in [-0.15, -0.1) is 0 Å². The molecule has 0 heterocycles. The van der Waals surface area contributed by atoms with E-state index in [1.54, 1.807) is 6.08 Å². The normalized spacial score (nSPS) is 19.4. The number of allylic oxidation sites excluding steroid dienone is 1. The average Bonchev–Trinajstić information content (AvgIpc) is 2.14. The van der Waals surface area contributed by atoms with Crippen molar-refractivity contribution in [1.82, 2.24) is 0 Å². The van der Waals surface area contributed by atoms with Gasteiger partial charge in [-0.3, -0.25) is 0 Å². The first-order valence-corrected chi connectivity index (χ1v) is 5.18. The fourth-order valence-electron chi connectivity index (χ4n) is 1.99. The van der Waals surface area contributed by atoms with Gasteiger partial charge in [0, 0.05) is 6.08 Å². The summed E-state index contributed by atoms with van der Waals surface area (Å²) < 4.78 is 0. The van der Waals surface area contributed by atoms with Crippen LogP contribution in [0.3, 0.4) is 0 Å². The molecule has 1 N–H and O–H groups in total. The molecule has 13 heavy (non-hydrogen) atoms. The van der Waals surface area contributed by atoms with Crippen LogP contribution >= 0.6 is 0 Å². The van der Waals surface area contributed by atoms with Crippen molar-refractivity contribution in [3.8, 4) is 0 Å². The van der Waals surface area contributed by atoms with Gasteiger partial charge in [0.05, 0.1) is 0 Å². The largest absolute Gasteiger partial charge is 0.478 e. The SMILES string of the molecule is O=C(O)C=CCCC1CCCCC1. The fraction of sp³-hybridized carbons (Fsp3) is 0.727. The lowest BCUT2D eigenvalue weighted by Crippen LogP contribution is -2.05. The monoisotopic (exact) mass is 182 g/mol. The quantitative estimate of drug-likeness (QED) is 0.678. The first-order chi connectivity index (χ1) is 6.29. The molecule has 1 aliphatic carbocycles. The minimum Gasteiger partial charge on any atom is -0.478 e. The number of carboxylic acids is 1. The number of hydrogen-bond donors (Lipinski definition) is 1. The molecule has 74 valence electrons. The Balaban J connectivity index is 2.07. The zero-order chi connectivity index (χ0) is 9.52. The van der Waals surface area contributed by atoms with Crippen LogP contribution in [0.25, 0.3) is 0 Å². The van der Waals surface area contributed by atoms with Crippen molar-refractivity contribution in [2.45, 2.75) is 44.9 Å². The summed E-state index contributed by atoms with van der Waals surface area (Å²) >= 11 is 0. The number of carboxylic acid groups (broad SMARTS) is 1. The van der Waals surface area contributed by atoms with Crippen LogP contribution in [0.5, 0.6) is 0 Å². The van der Waals surface area contributed by atoms with Crippen LogP contribution in [0.2, 0.25) is 0 Å². The molecular weight excluding hydrogens is 164 g/mol. The van der Waals surface area contributed by atoms with Gasteiger partial charge in [0.25, 0.3) is 0 Å². The smallest absolute Gasteiger partial charge is 0.327 e. The Morgan fingerprint density at radius 1 is 1.31 bits per heavy atom. The van der Waals surface area contributed by atoms with E-state index in [1.165, 1.54) is 44.6 Å². The van der Waals surface area contributed by atoms with Crippen molar-refractivity contribution in [2.24, 2.45) is 5.92 Å². The second kappa shape index (κ2) is 5.79. The van der Waals surface area contributed by atoms with E-state index < -0.39 is 5.97 Å². The fourth-order valence-corrected chi connectivity index (χ4v) is 1.99. The first kappa shape index (κ1) is 10.3. The summed E-state index contributed by atoms with van der Waals surface area (Å²) in [6.07, 6.45) is 11.9. The maximum Gasteiger partial charge on any atom is 0.327 e. The Morgan fingerprint density at radius 3 is 2.62 bits per heavy atom. The molecule has 0 amide bonds. The van der Waals surface area contributed by atoms with E-state index in [-0.39, 0.29) is 0 Å². The van der Waals surface area contributed by atoms with Crippen molar-refractivity contribution in [1.29, 1.82) is 0 Å². The number of rotatable bonds is 4. The molecule has 2 nitrogen and oxygen atoms in total. The van der Waals surface area contributed by atoms with Crippen LogP contribution in [0, 0.1) is 5.92 Å². The van der Waals surface area contributed by atoms with E-state index in [1.807, 2.05) is 0 Å². The molecule has 0 aromatic heterocycles. The highest BCUT2D eigenvalue weighted by Gasteiger charge is 2.11. The number of carbonyl (C=O) groups is 1. The summed E-state index contributed by atoms with van der Waals surface area (Å²) in [7, 11) is 0. The molecule has 0 unspecified atom stereocenters. The van der Waals surface area contributed by atoms with Gasteiger partial charge in [0.15, 0.2) is 0 Å². The standard InChI is InChI=1S/C11H18O2/c12-11(13)9-5-4-8-10-6-2-1-3-7-10/h5,9-10H,1-4,6-8H2,(H,12,13). The van der Waals surface area contributed by atoms with Crippen LogP contribution in [-0.2, 0) is 4.79 Å². The summed E-state index contributed by atoms with van der Waals surface area (Å²) in [5.41, 5.74) is 0. The molecule has 0 aliphatic heterocycles. The van der Waals surface area contributed by atoms with E-state index in [2.05, 4.69) is 0 Å². The summed E-state index contributed by atoms with van der Waals surface area (Å²) in [6, 6.07) is 0. The third-order valence-electron chi connectivity index (χ3n) is 2.73. The Morgan fingerprint density at radius 2 is 2.00 bits per heavy atom. The van der Waals surface area contributed by atoms with Gasteiger partial charge in [-0.2, -0.15) is 0 Å². The van der Waals surface area contributed by atoms with Crippen LogP contribution in [0.4, 0.5) is 0 Å². The first-order valence-electron chi connectivity index (χ1n) is 5.18. The van der Waals surface area contributed by atoms with Crippen LogP contribution in [0.1, 0.15) is 44.9 Å². The third-order valence-corrected chi connectivity index (χ3v) is 2.73. The average molecular weight is 182 g/mol. The van der Waals surface area contributed by atoms with E-state index in [0.29, 0.717) is 0 Å². The van der Waals surface area contributed by atoms with Gasteiger partial charge in [0.1, 0.15) is 0 Å². The lowest BCUT2D eigenvalue weighted by molar-refractivity contribution is -0.131. The summed E-state index contributed by atoms with van der Waals surface area (Å²) in [5, 5.41) is 8.36. The molecule has 2 heteroatoms. The molecule has 0 aromatic carbocycles. The van der Waals surface area contributed by atoms with E-state index >= 15 is 0 Å². The summed E-state index contributed by atoms with van der Waals surface area (Å²) in [6.45, 7) is 0. The topological polar surface area (TPSA) is 37.3 Å². The summed E-state index contributed by atoms with van der Waals surface area (Å²) in [4.78, 5) is 10.2. The third kappa shape index (κ3) is 4.71. The Labute approximate surface area is 79.6 Å². The highest BCUT2D eigenvalue weighted by molar-refractivity contribution is 5.79. The second-order valence-corrected chi connectivity index (χ2v) is 3.82. The molecule has 1 fully saturated rings. The van der Waals surface area contributed by atoms with Crippen LogP contribution in [-0.4, -0.2) is 11.1 Å². The Bertz CT molecular complexity index is 179. The van der Waals surface area contributed by atoms with Crippen molar-refractivity contribution < 1.29 is 9.90 Å². The molecule has 1 rings (SSSR count).